The number of esters is 1. The zero-order valence-electron chi connectivity index (χ0n) is 22.6. The second kappa shape index (κ2) is 13.0. The van der Waals surface area contributed by atoms with Crippen LogP contribution in [0.3, 0.4) is 0 Å². The molecule has 1 N–H and O–H groups in total. The second-order valence-electron chi connectivity index (χ2n) is 9.93. The maximum Gasteiger partial charge on any atom is 0.407 e. The Balaban J connectivity index is 0.972. The number of fused-ring (bicyclic) bond motifs is 3. The number of aryl methyl sites for hydroxylation is 1. The van der Waals surface area contributed by atoms with E-state index in [4.69, 9.17) is 14.2 Å². The Bertz CT molecular complexity index is 1400. The number of carbonyl (C=O) groups excluding carboxylic acids is 2. The van der Waals surface area contributed by atoms with Crippen LogP contribution < -0.4 is 10.1 Å². The Morgan fingerprint density at radius 3 is 2.00 bits per heavy atom. The highest BCUT2D eigenvalue weighted by molar-refractivity contribution is 5.79. The summed E-state index contributed by atoms with van der Waals surface area (Å²) in [6.45, 7) is 3.34. The summed E-state index contributed by atoms with van der Waals surface area (Å²) in [6, 6.07) is 32.2. The molecule has 0 saturated carbocycles. The number of hydrogen-bond acceptors (Lipinski definition) is 5. The van der Waals surface area contributed by atoms with Gasteiger partial charge < -0.3 is 19.5 Å². The van der Waals surface area contributed by atoms with Crippen LogP contribution in [0, 0.1) is 6.92 Å². The van der Waals surface area contributed by atoms with Gasteiger partial charge in [0.25, 0.3) is 0 Å². The lowest BCUT2D eigenvalue weighted by atomic mass is 9.98. The van der Waals surface area contributed by atoms with Crippen molar-refractivity contribution >= 4 is 12.1 Å². The third-order valence-electron chi connectivity index (χ3n) is 7.02. The van der Waals surface area contributed by atoms with Crippen LogP contribution >= 0.6 is 0 Å². The smallest absolute Gasteiger partial charge is 0.407 e. The number of alkyl carbamates (subject to hydrolysis) is 1. The van der Waals surface area contributed by atoms with Crippen molar-refractivity contribution in [2.75, 3.05) is 13.2 Å². The summed E-state index contributed by atoms with van der Waals surface area (Å²) in [5.74, 6) is 0.464. The van der Waals surface area contributed by atoms with E-state index in [1.165, 1.54) is 27.8 Å². The van der Waals surface area contributed by atoms with Crippen molar-refractivity contribution < 1.29 is 23.8 Å². The van der Waals surface area contributed by atoms with E-state index < -0.39 is 6.09 Å². The molecule has 6 nitrogen and oxygen atoms in total. The molecule has 4 aromatic carbocycles. The van der Waals surface area contributed by atoms with E-state index in [0.29, 0.717) is 19.6 Å². The third-order valence-corrected chi connectivity index (χ3v) is 7.02. The van der Waals surface area contributed by atoms with Gasteiger partial charge in [0.15, 0.2) is 0 Å². The van der Waals surface area contributed by atoms with Crippen LogP contribution in [0.5, 0.6) is 5.75 Å². The van der Waals surface area contributed by atoms with Crippen LogP contribution in [0.15, 0.2) is 97.1 Å². The summed E-state index contributed by atoms with van der Waals surface area (Å²) in [5, 5.41) is 2.73. The van der Waals surface area contributed by atoms with Crippen LogP contribution in [0.1, 0.15) is 46.6 Å². The summed E-state index contributed by atoms with van der Waals surface area (Å²) < 4.78 is 16.7. The van der Waals surface area contributed by atoms with Crippen LogP contribution in [-0.2, 0) is 27.5 Å². The Hall–Kier alpha value is -4.58. The van der Waals surface area contributed by atoms with E-state index in [1.807, 2.05) is 48.5 Å². The number of nitrogens with one attached hydrogen (secondary N) is 1. The predicted octanol–water partition coefficient (Wildman–Crippen LogP) is 6.94. The molecule has 40 heavy (non-hydrogen) atoms. The van der Waals surface area contributed by atoms with Crippen LogP contribution in [0.4, 0.5) is 4.79 Å². The normalized spacial score (nSPS) is 11.8. The first-order valence-electron chi connectivity index (χ1n) is 13.6. The van der Waals surface area contributed by atoms with Crippen molar-refractivity contribution in [3.63, 3.8) is 0 Å². The van der Waals surface area contributed by atoms with E-state index in [9.17, 15) is 9.59 Å². The Morgan fingerprint density at radius 2 is 1.32 bits per heavy atom. The van der Waals surface area contributed by atoms with Crippen LogP contribution in [0.25, 0.3) is 11.1 Å². The lowest BCUT2D eigenvalue weighted by molar-refractivity contribution is -0.145. The molecule has 5 rings (SSSR count). The first-order valence-corrected chi connectivity index (χ1v) is 13.6. The van der Waals surface area contributed by atoms with Crippen LogP contribution in [-0.4, -0.2) is 25.2 Å². The summed E-state index contributed by atoms with van der Waals surface area (Å²) >= 11 is 0. The monoisotopic (exact) mass is 535 g/mol. The van der Waals surface area contributed by atoms with Gasteiger partial charge in [-0.1, -0.05) is 90.5 Å². The molecule has 0 unspecified atom stereocenters. The summed E-state index contributed by atoms with van der Waals surface area (Å²) in [5.41, 5.74) is 7.92. The van der Waals surface area contributed by atoms with Crippen LogP contribution in [0.2, 0.25) is 0 Å². The second-order valence-corrected chi connectivity index (χ2v) is 9.93. The zero-order valence-corrected chi connectivity index (χ0v) is 22.6. The molecule has 0 aliphatic heterocycles. The average molecular weight is 536 g/mol. The molecule has 1 amide bonds. The van der Waals surface area contributed by atoms with E-state index in [1.54, 1.807) is 0 Å². The highest BCUT2D eigenvalue weighted by atomic mass is 16.5. The maximum atomic E-state index is 12.3. The van der Waals surface area contributed by atoms with Crippen molar-refractivity contribution in [1.29, 1.82) is 0 Å². The molecule has 0 heterocycles. The van der Waals surface area contributed by atoms with Gasteiger partial charge in [0, 0.05) is 18.9 Å². The van der Waals surface area contributed by atoms with Gasteiger partial charge in [-0.2, -0.15) is 0 Å². The minimum Gasteiger partial charge on any atom is -0.489 e. The van der Waals surface area contributed by atoms with Crippen molar-refractivity contribution in [3.05, 3.63) is 125 Å². The average Bonchev–Trinajstić information content (AvgIpc) is 3.31. The molecular weight excluding hydrogens is 502 g/mol. The van der Waals surface area contributed by atoms with E-state index in [-0.39, 0.29) is 31.5 Å². The van der Waals surface area contributed by atoms with Gasteiger partial charge in [-0.3, -0.25) is 4.79 Å². The predicted molar refractivity (Wildman–Crippen MR) is 154 cm³/mol. The van der Waals surface area contributed by atoms with Gasteiger partial charge in [-0.05, 0) is 58.9 Å². The lowest BCUT2D eigenvalue weighted by Gasteiger charge is -2.14. The number of amides is 1. The fourth-order valence-electron chi connectivity index (χ4n) is 4.84. The molecule has 0 fully saturated rings. The third kappa shape index (κ3) is 6.89. The van der Waals surface area contributed by atoms with Crippen molar-refractivity contribution in [2.45, 2.75) is 38.9 Å². The summed E-state index contributed by atoms with van der Waals surface area (Å²) in [6.07, 6.45) is 0.191. The van der Waals surface area contributed by atoms with E-state index >= 15 is 0 Å². The van der Waals surface area contributed by atoms with E-state index in [0.717, 1.165) is 16.9 Å². The number of rotatable bonds is 11. The molecule has 0 saturated heterocycles. The fraction of sp³-hybridized carbons (Fsp3) is 0.235. The topological polar surface area (TPSA) is 73.9 Å². The van der Waals surface area contributed by atoms with Gasteiger partial charge in [0.2, 0.25) is 0 Å². The van der Waals surface area contributed by atoms with Gasteiger partial charge >= 0.3 is 12.1 Å². The van der Waals surface area contributed by atoms with Crippen molar-refractivity contribution in [3.8, 4) is 16.9 Å². The van der Waals surface area contributed by atoms with E-state index in [2.05, 4.69) is 60.8 Å². The van der Waals surface area contributed by atoms with Gasteiger partial charge in [0.05, 0.1) is 0 Å². The van der Waals surface area contributed by atoms with Gasteiger partial charge in [-0.25, -0.2) is 4.79 Å². The lowest BCUT2D eigenvalue weighted by Crippen LogP contribution is -2.27. The van der Waals surface area contributed by atoms with Gasteiger partial charge in [0.1, 0.15) is 25.6 Å². The number of ether oxygens (including phenoxy) is 3. The minimum atomic E-state index is -0.486. The number of carbonyl (C=O) groups is 2. The van der Waals surface area contributed by atoms with Crippen molar-refractivity contribution in [2.24, 2.45) is 0 Å². The SMILES string of the molecule is Cc1ccc(COc2ccc(COC(=O)CCCNC(=O)OCC3c4ccccc4-c4ccccc43)cc2)cc1. The molecule has 0 atom stereocenters. The summed E-state index contributed by atoms with van der Waals surface area (Å²) in [7, 11) is 0. The Kier molecular flexibility index (Phi) is 8.76. The maximum absolute atomic E-state index is 12.3. The van der Waals surface area contributed by atoms with Gasteiger partial charge in [-0.15, -0.1) is 0 Å². The molecule has 6 heteroatoms. The molecule has 0 radical (unpaired) electrons. The molecular formula is C34H33NO5. The Morgan fingerprint density at radius 1 is 0.725 bits per heavy atom. The highest BCUT2D eigenvalue weighted by Crippen LogP contribution is 2.44. The largest absolute Gasteiger partial charge is 0.489 e. The summed E-state index contributed by atoms with van der Waals surface area (Å²) in [4.78, 5) is 24.4. The highest BCUT2D eigenvalue weighted by Gasteiger charge is 2.28. The molecule has 0 spiro atoms. The minimum absolute atomic E-state index is 0.0157. The molecule has 4 aromatic rings. The molecule has 1 aliphatic rings. The van der Waals surface area contributed by atoms with Crippen molar-refractivity contribution in [1.82, 2.24) is 5.32 Å². The molecule has 0 bridgehead atoms. The first-order chi connectivity index (χ1) is 19.6. The standard InChI is InChI=1S/C34H33NO5/c1-24-12-14-25(15-13-24)21-38-27-18-16-26(17-19-27)22-39-33(36)11-6-20-35-34(37)40-23-32-30-9-4-2-7-28(30)29-8-3-5-10-31(29)32/h2-5,7-10,12-19,32H,6,11,20-23H2,1H3,(H,35,37). The zero-order chi connectivity index (χ0) is 27.7. The first kappa shape index (κ1) is 27.0. The Labute approximate surface area is 234 Å². The quantitative estimate of drug-likeness (QED) is 0.166. The fourth-order valence-corrected chi connectivity index (χ4v) is 4.84. The molecule has 204 valence electrons. The molecule has 0 aromatic heterocycles. The number of hydrogen-bond donors (Lipinski definition) is 1. The molecule has 1 aliphatic carbocycles. The number of benzene rings is 4.